The molecule has 18 heavy (non-hydrogen) atoms. The first kappa shape index (κ1) is 10.7. The summed E-state index contributed by atoms with van der Waals surface area (Å²) in [6.07, 6.45) is 1.57. The molecule has 5 heteroatoms. The zero-order valence-electron chi connectivity index (χ0n) is 10.1. The quantitative estimate of drug-likeness (QED) is 0.699. The Kier molecular flexibility index (Phi) is 2.26. The molecule has 2 aromatic heterocycles. The van der Waals surface area contributed by atoms with Gasteiger partial charge in [0.2, 0.25) is 5.95 Å². The topological polar surface area (TPSA) is 63.6 Å². The largest absolute Gasteiger partial charge is 0.322 e. The van der Waals surface area contributed by atoms with Gasteiger partial charge in [-0.25, -0.2) is 9.67 Å². The number of rotatable bonds is 2. The molecule has 3 aromatic rings. The SMILES string of the molecule is CC(=O)c1cnn(-c2nc3ccccc3[nH]2)c1C. The third-order valence-electron chi connectivity index (χ3n) is 2.97. The molecular weight excluding hydrogens is 228 g/mol. The first-order valence-electron chi connectivity index (χ1n) is 5.67. The Bertz CT molecular complexity index is 705. The number of fused-ring (bicyclic) bond motifs is 1. The lowest BCUT2D eigenvalue weighted by Crippen LogP contribution is -2.02. The molecule has 0 aliphatic heterocycles. The molecule has 2 heterocycles. The number of Topliss-reactive ketones (excluding diaryl/α,β-unsaturated/α-hetero) is 1. The van der Waals surface area contributed by atoms with E-state index in [0.717, 1.165) is 16.7 Å². The summed E-state index contributed by atoms with van der Waals surface area (Å²) in [7, 11) is 0. The van der Waals surface area contributed by atoms with Crippen molar-refractivity contribution in [3.63, 3.8) is 0 Å². The third kappa shape index (κ3) is 1.52. The average molecular weight is 240 g/mol. The Morgan fingerprint density at radius 2 is 2.11 bits per heavy atom. The van der Waals surface area contributed by atoms with Crippen LogP contribution in [0.2, 0.25) is 0 Å². The maximum absolute atomic E-state index is 11.4. The van der Waals surface area contributed by atoms with Crippen LogP contribution in [0.5, 0.6) is 0 Å². The van der Waals surface area contributed by atoms with E-state index in [9.17, 15) is 4.79 Å². The number of para-hydroxylation sites is 2. The summed E-state index contributed by atoms with van der Waals surface area (Å²) in [5.74, 6) is 0.635. The average Bonchev–Trinajstić information content (AvgIpc) is 2.91. The van der Waals surface area contributed by atoms with Crippen molar-refractivity contribution in [1.82, 2.24) is 19.7 Å². The molecule has 0 radical (unpaired) electrons. The number of nitrogens with zero attached hydrogens (tertiary/aromatic N) is 3. The Morgan fingerprint density at radius 3 is 2.78 bits per heavy atom. The molecule has 0 saturated heterocycles. The predicted molar refractivity (Wildman–Crippen MR) is 68.0 cm³/mol. The number of aromatic nitrogens is 4. The van der Waals surface area contributed by atoms with Crippen LogP contribution < -0.4 is 0 Å². The first-order chi connectivity index (χ1) is 8.66. The van der Waals surface area contributed by atoms with Gasteiger partial charge >= 0.3 is 0 Å². The summed E-state index contributed by atoms with van der Waals surface area (Å²) < 4.78 is 1.65. The van der Waals surface area contributed by atoms with Crippen LogP contribution in [0, 0.1) is 6.92 Å². The molecule has 0 bridgehead atoms. The van der Waals surface area contributed by atoms with E-state index >= 15 is 0 Å². The van der Waals surface area contributed by atoms with Crippen molar-refractivity contribution in [2.45, 2.75) is 13.8 Å². The van der Waals surface area contributed by atoms with Gasteiger partial charge in [0.05, 0.1) is 28.5 Å². The van der Waals surface area contributed by atoms with E-state index < -0.39 is 0 Å². The number of imidazole rings is 1. The summed E-state index contributed by atoms with van der Waals surface area (Å²) in [5, 5.41) is 4.20. The number of ketones is 1. The van der Waals surface area contributed by atoms with Gasteiger partial charge in [0, 0.05) is 0 Å². The minimum Gasteiger partial charge on any atom is -0.322 e. The Balaban J connectivity index is 2.17. The van der Waals surface area contributed by atoms with Crippen molar-refractivity contribution in [1.29, 1.82) is 0 Å². The van der Waals surface area contributed by atoms with Gasteiger partial charge in [-0.2, -0.15) is 5.10 Å². The molecule has 0 unspecified atom stereocenters. The number of carbonyl (C=O) groups is 1. The lowest BCUT2D eigenvalue weighted by atomic mass is 10.2. The van der Waals surface area contributed by atoms with Crippen LogP contribution in [0.15, 0.2) is 30.5 Å². The van der Waals surface area contributed by atoms with E-state index in [1.807, 2.05) is 31.2 Å². The Hall–Kier alpha value is -2.43. The van der Waals surface area contributed by atoms with Gasteiger partial charge in [-0.15, -0.1) is 0 Å². The molecule has 0 atom stereocenters. The number of benzene rings is 1. The molecule has 0 fully saturated rings. The Labute approximate surface area is 103 Å². The van der Waals surface area contributed by atoms with Crippen LogP contribution in [0.4, 0.5) is 0 Å². The van der Waals surface area contributed by atoms with Gasteiger partial charge in [-0.05, 0) is 26.0 Å². The number of hydrogen-bond donors (Lipinski definition) is 1. The van der Waals surface area contributed by atoms with Crippen molar-refractivity contribution >= 4 is 16.8 Å². The molecule has 0 aliphatic carbocycles. The van der Waals surface area contributed by atoms with Gasteiger partial charge in [0.1, 0.15) is 0 Å². The van der Waals surface area contributed by atoms with Gasteiger partial charge < -0.3 is 4.98 Å². The fraction of sp³-hybridized carbons (Fsp3) is 0.154. The zero-order valence-corrected chi connectivity index (χ0v) is 10.1. The maximum Gasteiger partial charge on any atom is 0.229 e. The van der Waals surface area contributed by atoms with Crippen LogP contribution in [0.25, 0.3) is 17.0 Å². The summed E-state index contributed by atoms with van der Waals surface area (Å²) in [6, 6.07) is 7.77. The van der Waals surface area contributed by atoms with Crippen LogP contribution in [0.3, 0.4) is 0 Å². The van der Waals surface area contributed by atoms with Crippen LogP contribution in [-0.4, -0.2) is 25.5 Å². The third-order valence-corrected chi connectivity index (χ3v) is 2.97. The zero-order chi connectivity index (χ0) is 12.7. The molecule has 0 saturated carbocycles. The highest BCUT2D eigenvalue weighted by Gasteiger charge is 2.13. The summed E-state index contributed by atoms with van der Waals surface area (Å²) >= 11 is 0. The molecule has 0 spiro atoms. The lowest BCUT2D eigenvalue weighted by molar-refractivity contribution is 0.101. The second-order valence-electron chi connectivity index (χ2n) is 4.19. The Morgan fingerprint density at radius 1 is 1.33 bits per heavy atom. The van der Waals surface area contributed by atoms with E-state index in [0.29, 0.717) is 11.5 Å². The van der Waals surface area contributed by atoms with Crippen molar-refractivity contribution in [2.75, 3.05) is 0 Å². The minimum atomic E-state index is 0.00913. The highest BCUT2D eigenvalue weighted by atomic mass is 16.1. The summed E-state index contributed by atoms with van der Waals surface area (Å²) in [4.78, 5) is 19.0. The number of aromatic amines is 1. The highest BCUT2D eigenvalue weighted by Crippen LogP contribution is 2.16. The summed E-state index contributed by atoms with van der Waals surface area (Å²) in [5.41, 5.74) is 3.25. The smallest absolute Gasteiger partial charge is 0.229 e. The van der Waals surface area contributed by atoms with Gasteiger partial charge in [0.15, 0.2) is 5.78 Å². The van der Waals surface area contributed by atoms with E-state index in [-0.39, 0.29) is 5.78 Å². The molecule has 0 amide bonds. The second kappa shape index (κ2) is 3.80. The highest BCUT2D eigenvalue weighted by molar-refractivity contribution is 5.95. The lowest BCUT2D eigenvalue weighted by Gasteiger charge is -1.99. The van der Waals surface area contributed by atoms with E-state index in [4.69, 9.17) is 0 Å². The maximum atomic E-state index is 11.4. The van der Waals surface area contributed by atoms with E-state index in [2.05, 4.69) is 15.1 Å². The molecule has 1 N–H and O–H groups in total. The molecule has 5 nitrogen and oxygen atoms in total. The number of H-pyrrole nitrogens is 1. The molecular formula is C13H12N4O. The van der Waals surface area contributed by atoms with Gasteiger partial charge in [0.25, 0.3) is 0 Å². The number of carbonyl (C=O) groups excluding carboxylic acids is 1. The fourth-order valence-corrected chi connectivity index (χ4v) is 2.01. The second-order valence-corrected chi connectivity index (χ2v) is 4.19. The molecule has 0 aliphatic rings. The molecule has 3 rings (SSSR count). The normalized spacial score (nSPS) is 11.0. The standard InChI is InChI=1S/C13H12N4O/c1-8-10(9(2)18)7-14-17(8)13-15-11-5-3-4-6-12(11)16-13/h3-7H,1-2H3,(H,15,16). The van der Waals surface area contributed by atoms with Crippen LogP contribution >= 0.6 is 0 Å². The molecule has 1 aromatic carbocycles. The van der Waals surface area contributed by atoms with Crippen LogP contribution in [0.1, 0.15) is 23.0 Å². The van der Waals surface area contributed by atoms with Gasteiger partial charge in [-0.3, -0.25) is 4.79 Å². The first-order valence-corrected chi connectivity index (χ1v) is 5.67. The number of hydrogen-bond acceptors (Lipinski definition) is 3. The van der Waals surface area contributed by atoms with Crippen molar-refractivity contribution < 1.29 is 4.79 Å². The van der Waals surface area contributed by atoms with Gasteiger partial charge in [-0.1, -0.05) is 12.1 Å². The molecule has 90 valence electrons. The number of nitrogens with one attached hydrogen (secondary N) is 1. The van der Waals surface area contributed by atoms with Crippen LogP contribution in [-0.2, 0) is 0 Å². The predicted octanol–water partition coefficient (Wildman–Crippen LogP) is 2.26. The van der Waals surface area contributed by atoms with E-state index in [1.165, 1.54) is 6.92 Å². The fourth-order valence-electron chi connectivity index (χ4n) is 2.01. The van der Waals surface area contributed by atoms with E-state index in [1.54, 1.807) is 10.9 Å². The monoisotopic (exact) mass is 240 g/mol. The van der Waals surface area contributed by atoms with Crippen molar-refractivity contribution in [3.8, 4) is 5.95 Å². The minimum absolute atomic E-state index is 0.00913. The summed E-state index contributed by atoms with van der Waals surface area (Å²) in [6.45, 7) is 3.39. The van der Waals surface area contributed by atoms with Crippen molar-refractivity contribution in [2.24, 2.45) is 0 Å². The van der Waals surface area contributed by atoms with Crippen molar-refractivity contribution in [3.05, 3.63) is 41.7 Å².